The zero-order valence-corrected chi connectivity index (χ0v) is 12.9. The van der Waals surface area contributed by atoms with E-state index in [0.29, 0.717) is 10.8 Å². The normalized spacial score (nSPS) is 11.5. The fourth-order valence-electron chi connectivity index (χ4n) is 1.25. The number of aryl methyl sites for hydroxylation is 2. The summed E-state index contributed by atoms with van der Waals surface area (Å²) in [5, 5.41) is 0.704. The SMILES string of the molecule is Cc1ncc(S(=O)(=O)Nc2cc(C)c(Br)cn2)s1. The molecule has 0 spiro atoms. The van der Waals surface area contributed by atoms with E-state index in [1.807, 2.05) is 6.92 Å². The molecule has 2 aromatic rings. The molecule has 0 amide bonds. The Labute approximate surface area is 117 Å². The van der Waals surface area contributed by atoms with E-state index >= 15 is 0 Å². The number of sulfonamides is 1. The average molecular weight is 348 g/mol. The molecule has 0 saturated carbocycles. The molecule has 1 N–H and O–H groups in total. The largest absolute Gasteiger partial charge is 0.274 e. The Bertz CT molecular complexity index is 682. The number of hydrogen-bond acceptors (Lipinski definition) is 5. The summed E-state index contributed by atoms with van der Waals surface area (Å²) < 4.78 is 27.5. The maximum atomic E-state index is 12.0. The molecule has 8 heteroatoms. The van der Waals surface area contributed by atoms with Crippen molar-refractivity contribution in [2.75, 3.05) is 4.72 Å². The Hall–Kier alpha value is -0.990. The van der Waals surface area contributed by atoms with Crippen LogP contribution in [0.3, 0.4) is 0 Å². The molecule has 0 atom stereocenters. The topological polar surface area (TPSA) is 72.0 Å². The number of thiazole rings is 1. The number of nitrogens with zero attached hydrogens (tertiary/aromatic N) is 2. The molecule has 2 aromatic heterocycles. The lowest BCUT2D eigenvalue weighted by molar-refractivity contribution is 0.603. The van der Waals surface area contributed by atoms with Gasteiger partial charge in [-0.2, -0.15) is 0 Å². The summed E-state index contributed by atoms with van der Waals surface area (Å²) >= 11 is 4.43. The van der Waals surface area contributed by atoms with Gasteiger partial charge in [0.1, 0.15) is 5.82 Å². The summed E-state index contributed by atoms with van der Waals surface area (Å²) in [6.45, 7) is 3.62. The lowest BCUT2D eigenvalue weighted by Gasteiger charge is -2.06. The predicted octanol–water partition coefficient (Wildman–Crippen LogP) is 2.72. The quantitative estimate of drug-likeness (QED) is 0.926. The third kappa shape index (κ3) is 2.88. The van der Waals surface area contributed by atoms with Gasteiger partial charge >= 0.3 is 0 Å². The predicted molar refractivity (Wildman–Crippen MR) is 74.3 cm³/mol. The van der Waals surface area contributed by atoms with Crippen LogP contribution in [0.2, 0.25) is 0 Å². The summed E-state index contributed by atoms with van der Waals surface area (Å²) in [7, 11) is -3.59. The molecular weight excluding hydrogens is 338 g/mol. The van der Waals surface area contributed by atoms with Gasteiger partial charge in [0, 0.05) is 10.7 Å². The first-order chi connectivity index (χ1) is 8.38. The van der Waals surface area contributed by atoms with E-state index < -0.39 is 10.0 Å². The minimum absolute atomic E-state index is 0.183. The number of rotatable bonds is 3. The van der Waals surface area contributed by atoms with Gasteiger partial charge in [-0.1, -0.05) is 0 Å². The summed E-state index contributed by atoms with van der Waals surface area (Å²) in [6, 6.07) is 1.66. The van der Waals surface area contributed by atoms with Crippen LogP contribution >= 0.6 is 27.3 Å². The molecule has 0 unspecified atom stereocenters. The van der Waals surface area contributed by atoms with E-state index in [1.54, 1.807) is 19.2 Å². The second-order valence-electron chi connectivity index (χ2n) is 3.62. The Kier molecular flexibility index (Phi) is 3.69. The van der Waals surface area contributed by atoms with Gasteiger partial charge in [0.15, 0.2) is 4.21 Å². The molecule has 18 heavy (non-hydrogen) atoms. The number of halogens is 1. The summed E-state index contributed by atoms with van der Waals surface area (Å²) in [6.07, 6.45) is 2.90. The highest BCUT2D eigenvalue weighted by Crippen LogP contribution is 2.22. The van der Waals surface area contributed by atoms with Gasteiger partial charge in [0.25, 0.3) is 10.0 Å². The Morgan fingerprint density at radius 1 is 1.28 bits per heavy atom. The van der Waals surface area contributed by atoms with Crippen LogP contribution in [0.4, 0.5) is 5.82 Å². The molecule has 2 heterocycles. The summed E-state index contributed by atoms with van der Waals surface area (Å²) in [4.78, 5) is 7.93. The van der Waals surface area contributed by atoms with Gasteiger partial charge in [-0.05, 0) is 41.4 Å². The van der Waals surface area contributed by atoms with Gasteiger partial charge in [-0.3, -0.25) is 4.72 Å². The van der Waals surface area contributed by atoms with Gasteiger partial charge in [0.05, 0.1) is 11.2 Å². The lowest BCUT2D eigenvalue weighted by Crippen LogP contribution is -2.12. The van der Waals surface area contributed by atoms with E-state index in [1.165, 1.54) is 6.20 Å². The smallest absolute Gasteiger partial charge is 0.263 e. The standard InChI is InChI=1S/C10H10BrN3O2S2/c1-6-3-9(13-4-8(6)11)14-18(15,16)10-5-12-7(2)17-10/h3-5H,1-2H3,(H,13,14). The lowest BCUT2D eigenvalue weighted by atomic mass is 10.3. The maximum absolute atomic E-state index is 12.0. The Balaban J connectivity index is 2.30. The zero-order chi connectivity index (χ0) is 13.3. The van der Waals surface area contributed by atoms with E-state index in [9.17, 15) is 8.42 Å². The fourth-order valence-corrected chi connectivity index (χ4v) is 3.57. The van der Waals surface area contributed by atoms with Crippen molar-refractivity contribution in [2.45, 2.75) is 18.1 Å². The van der Waals surface area contributed by atoms with Crippen molar-refractivity contribution < 1.29 is 8.42 Å². The van der Waals surface area contributed by atoms with Crippen molar-refractivity contribution in [2.24, 2.45) is 0 Å². The molecule has 0 saturated heterocycles. The van der Waals surface area contributed by atoms with Crippen LogP contribution in [-0.4, -0.2) is 18.4 Å². The number of aromatic nitrogens is 2. The van der Waals surface area contributed by atoms with Crippen LogP contribution in [0.5, 0.6) is 0 Å². The third-order valence-corrected chi connectivity index (χ3v) is 5.71. The Morgan fingerprint density at radius 3 is 2.56 bits per heavy atom. The highest BCUT2D eigenvalue weighted by atomic mass is 79.9. The number of hydrogen-bond donors (Lipinski definition) is 1. The minimum atomic E-state index is -3.59. The monoisotopic (exact) mass is 347 g/mol. The second-order valence-corrected chi connectivity index (χ2v) is 7.62. The first-order valence-corrected chi connectivity index (χ1v) is 8.05. The van der Waals surface area contributed by atoms with Gasteiger partial charge in [-0.15, -0.1) is 11.3 Å². The Morgan fingerprint density at radius 2 is 2.00 bits per heavy atom. The van der Waals surface area contributed by atoms with E-state index in [2.05, 4.69) is 30.6 Å². The van der Waals surface area contributed by atoms with Crippen molar-refractivity contribution in [3.63, 3.8) is 0 Å². The van der Waals surface area contributed by atoms with Crippen LogP contribution in [0, 0.1) is 13.8 Å². The number of nitrogens with one attached hydrogen (secondary N) is 1. The van der Waals surface area contributed by atoms with Crippen molar-refractivity contribution in [3.8, 4) is 0 Å². The highest BCUT2D eigenvalue weighted by molar-refractivity contribution is 9.10. The zero-order valence-electron chi connectivity index (χ0n) is 9.64. The van der Waals surface area contributed by atoms with E-state index in [0.717, 1.165) is 21.4 Å². The molecule has 0 fully saturated rings. The van der Waals surface area contributed by atoms with Gasteiger partial charge in [0.2, 0.25) is 0 Å². The summed E-state index contributed by atoms with van der Waals surface area (Å²) in [5.74, 6) is 0.293. The average Bonchev–Trinajstić information content (AvgIpc) is 2.71. The van der Waals surface area contributed by atoms with Crippen molar-refractivity contribution in [1.82, 2.24) is 9.97 Å². The maximum Gasteiger partial charge on any atom is 0.274 e. The molecule has 2 rings (SSSR count). The van der Waals surface area contributed by atoms with Crippen LogP contribution in [-0.2, 0) is 10.0 Å². The molecule has 0 aromatic carbocycles. The number of pyridine rings is 1. The minimum Gasteiger partial charge on any atom is -0.263 e. The molecule has 0 aliphatic rings. The molecule has 0 radical (unpaired) electrons. The van der Waals surface area contributed by atoms with Gasteiger partial charge < -0.3 is 0 Å². The molecule has 5 nitrogen and oxygen atoms in total. The van der Waals surface area contributed by atoms with E-state index in [-0.39, 0.29) is 4.21 Å². The van der Waals surface area contributed by atoms with E-state index in [4.69, 9.17) is 0 Å². The van der Waals surface area contributed by atoms with Crippen LogP contribution in [0.25, 0.3) is 0 Å². The van der Waals surface area contributed by atoms with Crippen LogP contribution < -0.4 is 4.72 Å². The van der Waals surface area contributed by atoms with Gasteiger partial charge in [-0.25, -0.2) is 18.4 Å². The molecule has 0 bridgehead atoms. The third-order valence-electron chi connectivity index (χ3n) is 2.15. The number of anilines is 1. The van der Waals surface area contributed by atoms with Crippen LogP contribution in [0.15, 0.2) is 27.1 Å². The van der Waals surface area contributed by atoms with Crippen molar-refractivity contribution in [3.05, 3.63) is 33.5 Å². The fraction of sp³-hybridized carbons (Fsp3) is 0.200. The summed E-state index contributed by atoms with van der Waals surface area (Å²) in [5.41, 5.74) is 0.906. The first kappa shape index (κ1) is 13.4. The molecular formula is C10H10BrN3O2S2. The molecule has 0 aliphatic carbocycles. The molecule has 96 valence electrons. The van der Waals surface area contributed by atoms with Crippen molar-refractivity contribution >= 4 is 43.1 Å². The van der Waals surface area contributed by atoms with Crippen LogP contribution in [0.1, 0.15) is 10.6 Å². The second kappa shape index (κ2) is 4.94. The first-order valence-electron chi connectivity index (χ1n) is 4.96. The van der Waals surface area contributed by atoms with Crippen molar-refractivity contribution in [1.29, 1.82) is 0 Å². The molecule has 0 aliphatic heterocycles. The highest BCUT2D eigenvalue weighted by Gasteiger charge is 2.17.